The van der Waals surface area contributed by atoms with E-state index in [0.29, 0.717) is 27.1 Å². The first-order chi connectivity index (χ1) is 11.5. The lowest BCUT2D eigenvalue weighted by molar-refractivity contribution is 0.0954. The van der Waals surface area contributed by atoms with Gasteiger partial charge in [0.15, 0.2) is 11.5 Å². The Bertz CT molecular complexity index is 854. The van der Waals surface area contributed by atoms with E-state index >= 15 is 0 Å². The molecule has 3 N–H and O–H groups in total. The zero-order valence-electron chi connectivity index (χ0n) is 11.9. The molecule has 0 unspecified atom stereocenters. The first-order valence-corrected chi connectivity index (χ1v) is 8.19. The summed E-state index contributed by atoms with van der Waals surface area (Å²) in [5.41, 5.74) is 3.01. The van der Waals surface area contributed by atoms with E-state index in [4.69, 9.17) is 9.47 Å². The number of nitrogens with one attached hydrogen (secondary N) is 1. The van der Waals surface area contributed by atoms with Gasteiger partial charge in [0, 0.05) is 11.1 Å². The Balaban J connectivity index is 1.74. The summed E-state index contributed by atoms with van der Waals surface area (Å²) in [4.78, 5) is 12.1. The SMILES string of the molecule is O=C(N/N=C\c1cc(Br)c(O)c(Br)c1O)c1ccc2c(c1)OCO2. The van der Waals surface area contributed by atoms with Crippen molar-refractivity contribution in [1.82, 2.24) is 5.43 Å². The van der Waals surface area contributed by atoms with Gasteiger partial charge in [-0.25, -0.2) is 5.43 Å². The van der Waals surface area contributed by atoms with Gasteiger partial charge >= 0.3 is 0 Å². The lowest BCUT2D eigenvalue weighted by Gasteiger charge is -2.06. The Morgan fingerprint density at radius 2 is 1.92 bits per heavy atom. The summed E-state index contributed by atoms with van der Waals surface area (Å²) in [6.45, 7) is 0.127. The van der Waals surface area contributed by atoms with Gasteiger partial charge in [-0.1, -0.05) is 0 Å². The average Bonchev–Trinajstić information content (AvgIpc) is 3.05. The van der Waals surface area contributed by atoms with Gasteiger partial charge in [0.05, 0.1) is 10.7 Å². The number of ether oxygens (including phenoxy) is 2. The number of aromatic hydroxyl groups is 2. The van der Waals surface area contributed by atoms with E-state index in [0.717, 1.165) is 0 Å². The number of hydrogen-bond donors (Lipinski definition) is 3. The van der Waals surface area contributed by atoms with Gasteiger partial charge in [-0.05, 0) is 56.1 Å². The highest BCUT2D eigenvalue weighted by molar-refractivity contribution is 9.11. The molecule has 3 rings (SSSR count). The smallest absolute Gasteiger partial charge is 0.271 e. The molecule has 0 aromatic heterocycles. The number of rotatable bonds is 3. The number of fused-ring (bicyclic) bond motifs is 1. The minimum absolute atomic E-state index is 0.125. The Morgan fingerprint density at radius 3 is 2.71 bits per heavy atom. The maximum absolute atomic E-state index is 12.1. The van der Waals surface area contributed by atoms with Gasteiger partial charge in [0.1, 0.15) is 16.0 Å². The number of amides is 1. The van der Waals surface area contributed by atoms with Crippen LogP contribution >= 0.6 is 31.9 Å². The normalized spacial score (nSPS) is 12.6. The molecule has 1 aliphatic heterocycles. The van der Waals surface area contributed by atoms with Crippen LogP contribution in [0.3, 0.4) is 0 Å². The number of hydrogen-bond acceptors (Lipinski definition) is 6. The molecule has 0 aliphatic carbocycles. The quantitative estimate of drug-likeness (QED) is 0.485. The second-order valence-electron chi connectivity index (χ2n) is 4.73. The van der Waals surface area contributed by atoms with Crippen molar-refractivity contribution in [1.29, 1.82) is 0 Å². The molecule has 0 atom stereocenters. The fourth-order valence-electron chi connectivity index (χ4n) is 1.98. The molecule has 0 radical (unpaired) electrons. The third-order valence-electron chi connectivity index (χ3n) is 3.20. The van der Waals surface area contributed by atoms with Gasteiger partial charge in [0.25, 0.3) is 5.91 Å². The Hall–Kier alpha value is -2.26. The molecule has 1 aliphatic rings. The Labute approximate surface area is 153 Å². The van der Waals surface area contributed by atoms with E-state index < -0.39 is 5.91 Å². The first kappa shape index (κ1) is 16.6. The molecule has 0 saturated carbocycles. The van der Waals surface area contributed by atoms with Crippen LogP contribution in [0.1, 0.15) is 15.9 Å². The average molecular weight is 458 g/mol. The van der Waals surface area contributed by atoms with Crippen molar-refractivity contribution in [3.63, 3.8) is 0 Å². The van der Waals surface area contributed by atoms with Crippen molar-refractivity contribution < 1.29 is 24.5 Å². The lowest BCUT2D eigenvalue weighted by atomic mass is 10.2. The fourth-order valence-corrected chi connectivity index (χ4v) is 3.13. The van der Waals surface area contributed by atoms with Crippen molar-refractivity contribution in [3.8, 4) is 23.0 Å². The molecule has 0 saturated heterocycles. The predicted molar refractivity (Wildman–Crippen MR) is 92.8 cm³/mol. The summed E-state index contributed by atoms with van der Waals surface area (Å²) < 4.78 is 10.9. The molecule has 1 heterocycles. The standard InChI is InChI=1S/C15H10Br2N2O5/c16-9-3-8(13(20)12(17)14(9)21)5-18-19-15(22)7-1-2-10-11(4-7)24-6-23-10/h1-5,20-21H,6H2,(H,19,22)/b18-5-. The lowest BCUT2D eigenvalue weighted by Crippen LogP contribution is -2.17. The third-order valence-corrected chi connectivity index (χ3v) is 4.56. The molecular formula is C15H10Br2N2O5. The summed E-state index contributed by atoms with van der Waals surface area (Å²) in [6.07, 6.45) is 1.26. The monoisotopic (exact) mass is 456 g/mol. The van der Waals surface area contributed by atoms with Gasteiger partial charge in [-0.3, -0.25) is 4.79 Å². The van der Waals surface area contributed by atoms with Gasteiger partial charge in [-0.15, -0.1) is 0 Å². The molecule has 9 heteroatoms. The Morgan fingerprint density at radius 1 is 1.17 bits per heavy atom. The second kappa shape index (κ2) is 6.70. The molecule has 2 aromatic carbocycles. The summed E-state index contributed by atoms with van der Waals surface area (Å²) >= 11 is 6.21. The van der Waals surface area contributed by atoms with E-state index in [2.05, 4.69) is 42.4 Å². The molecular weight excluding hydrogens is 448 g/mol. The maximum Gasteiger partial charge on any atom is 0.271 e. The minimum Gasteiger partial charge on any atom is -0.506 e. The number of carbonyl (C=O) groups excluding carboxylic acids is 1. The Kier molecular flexibility index (Phi) is 4.63. The van der Waals surface area contributed by atoms with E-state index in [-0.39, 0.29) is 22.8 Å². The van der Waals surface area contributed by atoms with Gasteiger partial charge in [0.2, 0.25) is 6.79 Å². The third kappa shape index (κ3) is 3.17. The molecule has 24 heavy (non-hydrogen) atoms. The minimum atomic E-state index is -0.444. The number of phenolic OH excluding ortho intramolecular Hbond substituents is 2. The van der Waals surface area contributed by atoms with Crippen molar-refractivity contribution in [3.05, 3.63) is 44.3 Å². The fraction of sp³-hybridized carbons (Fsp3) is 0.0667. The van der Waals surface area contributed by atoms with Crippen LogP contribution < -0.4 is 14.9 Å². The summed E-state index contributed by atoms with van der Waals surface area (Å²) in [5.74, 6) is 0.307. The zero-order chi connectivity index (χ0) is 17.3. The van der Waals surface area contributed by atoms with E-state index in [9.17, 15) is 15.0 Å². The van der Waals surface area contributed by atoms with Crippen LogP contribution in [-0.4, -0.2) is 29.1 Å². The van der Waals surface area contributed by atoms with Crippen molar-refractivity contribution >= 4 is 44.0 Å². The van der Waals surface area contributed by atoms with Crippen LogP contribution in [0.5, 0.6) is 23.0 Å². The van der Waals surface area contributed by atoms with Crippen LogP contribution in [0.4, 0.5) is 0 Å². The summed E-state index contributed by atoms with van der Waals surface area (Å²) in [6, 6.07) is 6.24. The summed E-state index contributed by atoms with van der Waals surface area (Å²) in [5, 5.41) is 23.4. The predicted octanol–water partition coefficient (Wildman–Crippen LogP) is 3.12. The highest BCUT2D eigenvalue weighted by Crippen LogP contribution is 2.40. The molecule has 2 aromatic rings. The van der Waals surface area contributed by atoms with Crippen molar-refractivity contribution in [2.24, 2.45) is 5.10 Å². The van der Waals surface area contributed by atoms with Crippen LogP contribution in [0.2, 0.25) is 0 Å². The molecule has 124 valence electrons. The molecule has 7 nitrogen and oxygen atoms in total. The van der Waals surface area contributed by atoms with Gasteiger partial charge < -0.3 is 19.7 Å². The highest BCUT2D eigenvalue weighted by atomic mass is 79.9. The molecule has 0 bridgehead atoms. The zero-order valence-corrected chi connectivity index (χ0v) is 15.1. The number of nitrogens with zero attached hydrogens (tertiary/aromatic N) is 1. The number of benzene rings is 2. The van der Waals surface area contributed by atoms with Crippen molar-refractivity contribution in [2.45, 2.75) is 0 Å². The largest absolute Gasteiger partial charge is 0.506 e. The number of phenols is 2. The molecule has 0 spiro atoms. The van der Waals surface area contributed by atoms with Crippen LogP contribution in [0.25, 0.3) is 0 Å². The van der Waals surface area contributed by atoms with Gasteiger partial charge in [-0.2, -0.15) is 5.10 Å². The molecule has 1 amide bonds. The summed E-state index contributed by atoms with van der Waals surface area (Å²) in [7, 11) is 0. The van der Waals surface area contributed by atoms with Crippen LogP contribution in [0, 0.1) is 0 Å². The van der Waals surface area contributed by atoms with E-state index in [1.165, 1.54) is 12.3 Å². The second-order valence-corrected chi connectivity index (χ2v) is 6.37. The van der Waals surface area contributed by atoms with Crippen molar-refractivity contribution in [2.75, 3.05) is 6.79 Å². The first-order valence-electron chi connectivity index (χ1n) is 6.60. The van der Waals surface area contributed by atoms with Crippen LogP contribution in [-0.2, 0) is 0 Å². The molecule has 0 fully saturated rings. The van der Waals surface area contributed by atoms with Crippen LogP contribution in [0.15, 0.2) is 38.3 Å². The number of halogens is 2. The van der Waals surface area contributed by atoms with E-state index in [1.807, 2.05) is 0 Å². The maximum atomic E-state index is 12.1. The number of hydrazone groups is 1. The van der Waals surface area contributed by atoms with E-state index in [1.54, 1.807) is 18.2 Å². The highest BCUT2D eigenvalue weighted by Gasteiger charge is 2.16. The number of carbonyl (C=O) groups is 1. The topological polar surface area (TPSA) is 100 Å².